The SMILES string of the molecule is COC(=O)[C@H](CO)NC(=O)CCCC1CCCCC1. The second kappa shape index (κ2) is 8.91. The third kappa shape index (κ3) is 6.05. The van der Waals surface area contributed by atoms with Crippen molar-refractivity contribution in [2.75, 3.05) is 13.7 Å². The molecule has 0 saturated heterocycles. The van der Waals surface area contributed by atoms with Crippen molar-refractivity contribution >= 4 is 11.9 Å². The number of hydrogen-bond donors (Lipinski definition) is 2. The molecule has 5 heteroatoms. The maximum atomic E-state index is 11.6. The summed E-state index contributed by atoms with van der Waals surface area (Å²) < 4.78 is 4.49. The van der Waals surface area contributed by atoms with Crippen LogP contribution in [0.5, 0.6) is 0 Å². The van der Waals surface area contributed by atoms with Crippen molar-refractivity contribution in [2.45, 2.75) is 57.4 Å². The predicted octanol–water partition coefficient (Wildman–Crippen LogP) is 1.39. The molecule has 1 aliphatic rings. The number of carbonyl (C=O) groups excluding carboxylic acids is 2. The van der Waals surface area contributed by atoms with Gasteiger partial charge in [0.25, 0.3) is 0 Å². The van der Waals surface area contributed by atoms with E-state index in [1.807, 2.05) is 0 Å². The number of aliphatic hydroxyl groups is 1. The van der Waals surface area contributed by atoms with Crippen molar-refractivity contribution in [3.05, 3.63) is 0 Å². The molecule has 1 amide bonds. The van der Waals surface area contributed by atoms with Gasteiger partial charge in [0.1, 0.15) is 0 Å². The molecule has 1 atom stereocenters. The molecule has 5 nitrogen and oxygen atoms in total. The van der Waals surface area contributed by atoms with Gasteiger partial charge in [-0.15, -0.1) is 0 Å². The molecule has 1 rings (SSSR count). The Morgan fingerprint density at radius 1 is 1.32 bits per heavy atom. The van der Waals surface area contributed by atoms with E-state index in [1.165, 1.54) is 39.2 Å². The lowest BCUT2D eigenvalue weighted by Crippen LogP contribution is -2.43. The predicted molar refractivity (Wildman–Crippen MR) is 71.5 cm³/mol. The quantitative estimate of drug-likeness (QED) is 0.686. The van der Waals surface area contributed by atoms with Gasteiger partial charge in [0.05, 0.1) is 13.7 Å². The number of rotatable bonds is 7. The van der Waals surface area contributed by atoms with E-state index >= 15 is 0 Å². The molecule has 19 heavy (non-hydrogen) atoms. The number of ether oxygens (including phenoxy) is 1. The lowest BCUT2D eigenvalue weighted by atomic mass is 9.86. The minimum Gasteiger partial charge on any atom is -0.467 e. The summed E-state index contributed by atoms with van der Waals surface area (Å²) in [6, 6.07) is -0.938. The zero-order valence-corrected chi connectivity index (χ0v) is 11.7. The van der Waals surface area contributed by atoms with Crippen LogP contribution in [-0.4, -0.2) is 36.7 Å². The first-order valence-corrected chi connectivity index (χ1v) is 7.15. The molecular weight excluding hydrogens is 246 g/mol. The molecule has 110 valence electrons. The molecule has 0 heterocycles. The summed E-state index contributed by atoms with van der Waals surface area (Å²) in [4.78, 5) is 22.8. The van der Waals surface area contributed by atoms with Gasteiger partial charge in [0.2, 0.25) is 5.91 Å². The molecule has 0 aliphatic heterocycles. The lowest BCUT2D eigenvalue weighted by molar-refractivity contribution is -0.146. The second-order valence-corrected chi connectivity index (χ2v) is 5.22. The van der Waals surface area contributed by atoms with Crippen LogP contribution in [0.3, 0.4) is 0 Å². The molecule has 1 aliphatic carbocycles. The van der Waals surface area contributed by atoms with Gasteiger partial charge in [-0.05, 0) is 18.8 Å². The van der Waals surface area contributed by atoms with Crippen LogP contribution in [0, 0.1) is 5.92 Å². The van der Waals surface area contributed by atoms with Crippen molar-refractivity contribution in [1.29, 1.82) is 0 Å². The maximum Gasteiger partial charge on any atom is 0.330 e. The van der Waals surface area contributed by atoms with Crippen LogP contribution in [0.25, 0.3) is 0 Å². The standard InChI is InChI=1S/C14H25NO4/c1-19-14(18)12(10-16)15-13(17)9-5-8-11-6-3-2-4-7-11/h11-12,16H,2-10H2,1H3,(H,15,17)/t12-/m0/s1. The van der Waals surface area contributed by atoms with Gasteiger partial charge >= 0.3 is 5.97 Å². The van der Waals surface area contributed by atoms with E-state index in [0.29, 0.717) is 6.42 Å². The minimum atomic E-state index is -0.938. The van der Waals surface area contributed by atoms with Crippen molar-refractivity contribution in [3.8, 4) is 0 Å². The van der Waals surface area contributed by atoms with Gasteiger partial charge in [-0.2, -0.15) is 0 Å². The Morgan fingerprint density at radius 3 is 2.58 bits per heavy atom. The number of aliphatic hydroxyl groups excluding tert-OH is 1. The Hall–Kier alpha value is -1.10. The molecule has 0 aromatic carbocycles. The van der Waals surface area contributed by atoms with E-state index in [9.17, 15) is 9.59 Å². The fourth-order valence-electron chi connectivity index (χ4n) is 2.61. The smallest absolute Gasteiger partial charge is 0.330 e. The van der Waals surface area contributed by atoms with Crippen LogP contribution in [0.2, 0.25) is 0 Å². The first-order chi connectivity index (χ1) is 9.17. The number of nitrogens with one attached hydrogen (secondary N) is 1. The number of carbonyl (C=O) groups is 2. The van der Waals surface area contributed by atoms with Gasteiger partial charge in [-0.3, -0.25) is 4.79 Å². The average molecular weight is 271 g/mol. The number of methoxy groups -OCH3 is 1. The van der Waals surface area contributed by atoms with Crippen LogP contribution in [-0.2, 0) is 14.3 Å². The Morgan fingerprint density at radius 2 is 2.00 bits per heavy atom. The van der Waals surface area contributed by atoms with E-state index in [4.69, 9.17) is 5.11 Å². The Kier molecular flexibility index (Phi) is 7.48. The zero-order chi connectivity index (χ0) is 14.1. The van der Waals surface area contributed by atoms with E-state index in [2.05, 4.69) is 10.1 Å². The van der Waals surface area contributed by atoms with Crippen LogP contribution < -0.4 is 5.32 Å². The number of hydrogen-bond acceptors (Lipinski definition) is 4. The summed E-state index contributed by atoms with van der Waals surface area (Å²) in [5.74, 6) is -0.0424. The highest BCUT2D eigenvalue weighted by Gasteiger charge is 2.20. The fraction of sp³-hybridized carbons (Fsp3) is 0.857. The van der Waals surface area contributed by atoms with E-state index in [0.717, 1.165) is 18.8 Å². The second-order valence-electron chi connectivity index (χ2n) is 5.22. The molecule has 0 spiro atoms. The molecular formula is C14H25NO4. The number of esters is 1. The molecule has 0 bridgehead atoms. The van der Waals surface area contributed by atoms with Gasteiger partial charge in [0, 0.05) is 6.42 Å². The fourth-order valence-corrected chi connectivity index (χ4v) is 2.61. The minimum absolute atomic E-state index is 0.194. The van der Waals surface area contributed by atoms with Gasteiger partial charge in [0.15, 0.2) is 6.04 Å². The summed E-state index contributed by atoms with van der Waals surface area (Å²) in [5.41, 5.74) is 0. The van der Waals surface area contributed by atoms with Crippen molar-refractivity contribution in [3.63, 3.8) is 0 Å². The van der Waals surface area contributed by atoms with Gasteiger partial charge in [-0.1, -0.05) is 32.1 Å². The van der Waals surface area contributed by atoms with Gasteiger partial charge < -0.3 is 15.2 Å². The molecule has 0 aromatic heterocycles. The van der Waals surface area contributed by atoms with E-state index < -0.39 is 18.6 Å². The average Bonchev–Trinajstić information content (AvgIpc) is 2.45. The first-order valence-electron chi connectivity index (χ1n) is 7.15. The summed E-state index contributed by atoms with van der Waals surface area (Å²) in [6.45, 7) is -0.430. The largest absolute Gasteiger partial charge is 0.467 e. The van der Waals surface area contributed by atoms with Crippen LogP contribution >= 0.6 is 0 Å². The third-order valence-corrected chi connectivity index (χ3v) is 3.74. The summed E-state index contributed by atoms with van der Waals surface area (Å²) in [5, 5.41) is 11.5. The van der Waals surface area contributed by atoms with Crippen molar-refractivity contribution in [1.82, 2.24) is 5.32 Å². The highest BCUT2D eigenvalue weighted by Crippen LogP contribution is 2.27. The highest BCUT2D eigenvalue weighted by molar-refractivity contribution is 5.84. The third-order valence-electron chi connectivity index (χ3n) is 3.74. The topological polar surface area (TPSA) is 75.6 Å². The number of amides is 1. The van der Waals surface area contributed by atoms with Gasteiger partial charge in [-0.25, -0.2) is 4.79 Å². The van der Waals surface area contributed by atoms with Crippen LogP contribution in [0.1, 0.15) is 51.4 Å². The normalized spacial score (nSPS) is 17.8. The van der Waals surface area contributed by atoms with E-state index in [-0.39, 0.29) is 5.91 Å². The molecule has 0 aromatic rings. The van der Waals surface area contributed by atoms with Crippen molar-refractivity contribution in [2.24, 2.45) is 5.92 Å². The molecule has 1 fully saturated rings. The zero-order valence-electron chi connectivity index (χ0n) is 11.7. The lowest BCUT2D eigenvalue weighted by Gasteiger charge is -2.21. The molecule has 1 saturated carbocycles. The van der Waals surface area contributed by atoms with Crippen LogP contribution in [0.15, 0.2) is 0 Å². The summed E-state index contributed by atoms with van der Waals surface area (Å²) in [6.07, 6.45) is 8.85. The molecule has 2 N–H and O–H groups in total. The Bertz CT molecular complexity index is 287. The summed E-state index contributed by atoms with van der Waals surface area (Å²) in [7, 11) is 1.24. The molecule has 0 radical (unpaired) electrons. The Labute approximate surface area is 114 Å². The monoisotopic (exact) mass is 271 g/mol. The first kappa shape index (κ1) is 16.0. The van der Waals surface area contributed by atoms with Crippen molar-refractivity contribution < 1.29 is 19.4 Å². The maximum absolute atomic E-state index is 11.6. The Balaban J connectivity index is 2.17. The van der Waals surface area contributed by atoms with Crippen LogP contribution in [0.4, 0.5) is 0 Å². The molecule has 0 unspecified atom stereocenters. The summed E-state index contributed by atoms with van der Waals surface area (Å²) >= 11 is 0. The van der Waals surface area contributed by atoms with E-state index in [1.54, 1.807) is 0 Å². The highest BCUT2D eigenvalue weighted by atomic mass is 16.5.